The number of benzene rings is 1. The number of hydrogen-bond acceptors (Lipinski definition) is 2. The van der Waals surface area contributed by atoms with E-state index in [4.69, 9.17) is 11.1 Å². The monoisotopic (exact) mass is 277 g/mol. The van der Waals surface area contributed by atoms with Crippen LogP contribution in [0.25, 0.3) is 0 Å². The first-order valence-electron chi connectivity index (χ1n) is 7.17. The first-order valence-corrected chi connectivity index (χ1v) is 7.17. The Labute approximate surface area is 120 Å². The molecule has 0 spiro atoms. The number of hydrogen-bond donors (Lipinski definition) is 2. The van der Waals surface area contributed by atoms with Crippen molar-refractivity contribution >= 4 is 11.5 Å². The molecule has 110 valence electrons. The molecule has 0 aromatic heterocycles. The number of nitrogens with two attached hydrogens (primary N) is 1. The molecule has 4 heteroatoms. The zero-order valence-corrected chi connectivity index (χ0v) is 12.5. The number of anilines is 1. The lowest BCUT2D eigenvalue weighted by atomic mass is 9.75. The second kappa shape index (κ2) is 5.43. The van der Waals surface area contributed by atoms with E-state index in [1.807, 2.05) is 13.1 Å². The molecule has 0 amide bonds. The summed E-state index contributed by atoms with van der Waals surface area (Å²) in [6.45, 7) is 4.60. The number of halogens is 1. The summed E-state index contributed by atoms with van der Waals surface area (Å²) >= 11 is 0. The number of amidine groups is 1. The van der Waals surface area contributed by atoms with E-state index in [2.05, 4.69) is 18.7 Å². The first-order chi connectivity index (χ1) is 9.32. The van der Waals surface area contributed by atoms with Gasteiger partial charge in [0, 0.05) is 13.1 Å². The van der Waals surface area contributed by atoms with Gasteiger partial charge in [0.2, 0.25) is 0 Å². The van der Waals surface area contributed by atoms with Crippen molar-refractivity contribution in [2.75, 3.05) is 11.9 Å². The minimum absolute atomic E-state index is 0.207. The molecule has 0 heterocycles. The third-order valence-electron chi connectivity index (χ3n) is 4.50. The average molecular weight is 277 g/mol. The second-order valence-electron chi connectivity index (χ2n) is 6.55. The van der Waals surface area contributed by atoms with Gasteiger partial charge in [-0.05, 0) is 43.2 Å². The van der Waals surface area contributed by atoms with E-state index in [1.54, 1.807) is 6.07 Å². The van der Waals surface area contributed by atoms with Crippen molar-refractivity contribution in [1.29, 1.82) is 5.41 Å². The molecule has 3 nitrogen and oxygen atoms in total. The van der Waals surface area contributed by atoms with Crippen molar-refractivity contribution in [2.45, 2.75) is 45.6 Å². The van der Waals surface area contributed by atoms with Crippen LogP contribution < -0.4 is 10.6 Å². The summed E-state index contributed by atoms with van der Waals surface area (Å²) in [5.41, 5.74) is 6.89. The van der Waals surface area contributed by atoms with Gasteiger partial charge in [0.05, 0.1) is 11.3 Å². The number of nitrogen functional groups attached to an aromatic ring is 1. The summed E-state index contributed by atoms with van der Waals surface area (Å²) in [5, 5.41) is 7.60. The molecule has 0 saturated heterocycles. The average Bonchev–Trinajstić information content (AvgIpc) is 2.37. The van der Waals surface area contributed by atoms with Gasteiger partial charge in [-0.25, -0.2) is 4.39 Å². The third-order valence-corrected chi connectivity index (χ3v) is 4.50. The Morgan fingerprint density at radius 2 is 1.95 bits per heavy atom. The molecule has 1 aliphatic carbocycles. The van der Waals surface area contributed by atoms with Gasteiger partial charge in [0.25, 0.3) is 0 Å². The fraction of sp³-hybridized carbons (Fsp3) is 0.562. The minimum atomic E-state index is -0.419. The second-order valence-corrected chi connectivity index (χ2v) is 6.55. The minimum Gasteiger partial charge on any atom is -0.384 e. The van der Waals surface area contributed by atoms with Gasteiger partial charge >= 0.3 is 0 Å². The zero-order valence-electron chi connectivity index (χ0n) is 12.5. The summed E-state index contributed by atoms with van der Waals surface area (Å²) in [6, 6.07) is 5.28. The molecular weight excluding hydrogens is 253 g/mol. The molecule has 1 aromatic rings. The highest BCUT2D eigenvalue weighted by atomic mass is 19.1. The Balaban J connectivity index is 2.24. The van der Waals surface area contributed by atoms with E-state index >= 15 is 0 Å². The normalized spacial score (nSPS) is 18.8. The van der Waals surface area contributed by atoms with Crippen LogP contribution in [-0.2, 0) is 0 Å². The van der Waals surface area contributed by atoms with Crippen molar-refractivity contribution in [3.05, 3.63) is 29.6 Å². The predicted molar refractivity (Wildman–Crippen MR) is 81.9 cm³/mol. The number of rotatable bonds is 3. The van der Waals surface area contributed by atoms with Gasteiger partial charge in [-0.3, -0.25) is 5.41 Å². The Bertz CT molecular complexity index is 500. The van der Waals surface area contributed by atoms with Crippen LogP contribution >= 0.6 is 0 Å². The van der Waals surface area contributed by atoms with Crippen LogP contribution in [0.4, 0.5) is 10.1 Å². The van der Waals surface area contributed by atoms with Crippen molar-refractivity contribution in [3.8, 4) is 0 Å². The Kier molecular flexibility index (Phi) is 4.02. The Hall–Kier alpha value is -1.58. The van der Waals surface area contributed by atoms with Gasteiger partial charge in [-0.2, -0.15) is 0 Å². The van der Waals surface area contributed by atoms with Crippen LogP contribution in [0.1, 0.15) is 45.1 Å². The van der Waals surface area contributed by atoms with Gasteiger partial charge in [-0.1, -0.05) is 19.9 Å². The highest BCUT2D eigenvalue weighted by Gasteiger charge is 2.30. The summed E-state index contributed by atoms with van der Waals surface area (Å²) in [6.07, 6.45) is 4.54. The molecule has 1 aromatic carbocycles. The van der Waals surface area contributed by atoms with E-state index in [-0.39, 0.29) is 11.4 Å². The molecule has 0 unspecified atom stereocenters. The molecule has 2 rings (SSSR count). The fourth-order valence-electron chi connectivity index (χ4n) is 3.04. The van der Waals surface area contributed by atoms with Crippen molar-refractivity contribution < 1.29 is 4.39 Å². The zero-order chi connectivity index (χ0) is 14.9. The molecule has 3 N–H and O–H groups in total. The van der Waals surface area contributed by atoms with Crippen LogP contribution in [0.15, 0.2) is 18.2 Å². The lowest BCUT2D eigenvalue weighted by Crippen LogP contribution is -2.38. The van der Waals surface area contributed by atoms with E-state index in [9.17, 15) is 4.39 Å². The maximum Gasteiger partial charge on any atom is 0.136 e. The van der Waals surface area contributed by atoms with Crippen LogP contribution in [0.5, 0.6) is 0 Å². The lowest BCUT2D eigenvalue weighted by Gasteiger charge is -2.40. The number of nitrogens with zero attached hydrogens (tertiary/aromatic N) is 1. The summed E-state index contributed by atoms with van der Waals surface area (Å²) in [7, 11) is 1.98. The molecule has 0 atom stereocenters. The first kappa shape index (κ1) is 14.8. The molecule has 0 aliphatic heterocycles. The largest absolute Gasteiger partial charge is 0.384 e. The lowest BCUT2D eigenvalue weighted by molar-refractivity contribution is 0.222. The SMILES string of the molecule is CN(c1cccc(F)c1C(=N)N)C1CCC(C)(C)CC1. The fourth-order valence-corrected chi connectivity index (χ4v) is 3.04. The van der Waals surface area contributed by atoms with Crippen LogP contribution in [0.2, 0.25) is 0 Å². The molecule has 0 bridgehead atoms. The third kappa shape index (κ3) is 2.94. The van der Waals surface area contributed by atoms with Crippen molar-refractivity contribution in [3.63, 3.8) is 0 Å². The Morgan fingerprint density at radius 1 is 1.35 bits per heavy atom. The van der Waals surface area contributed by atoms with Crippen molar-refractivity contribution in [1.82, 2.24) is 0 Å². The standard InChI is InChI=1S/C16H24FN3/c1-16(2)9-7-11(8-10-16)20(3)13-6-4-5-12(17)14(13)15(18)19/h4-6,11H,7-10H2,1-3H3,(H3,18,19). The predicted octanol–water partition coefficient (Wildman–Crippen LogP) is 3.51. The topological polar surface area (TPSA) is 53.1 Å². The maximum atomic E-state index is 13.9. The summed E-state index contributed by atoms with van der Waals surface area (Å²) in [5.74, 6) is -0.626. The summed E-state index contributed by atoms with van der Waals surface area (Å²) < 4.78 is 13.9. The smallest absolute Gasteiger partial charge is 0.136 e. The van der Waals surface area contributed by atoms with Gasteiger partial charge < -0.3 is 10.6 Å². The highest BCUT2D eigenvalue weighted by Crippen LogP contribution is 2.38. The van der Waals surface area contributed by atoms with E-state index in [0.717, 1.165) is 18.5 Å². The van der Waals surface area contributed by atoms with E-state index in [0.29, 0.717) is 11.5 Å². The van der Waals surface area contributed by atoms with Crippen LogP contribution in [0, 0.1) is 16.6 Å². The molecule has 1 saturated carbocycles. The highest BCUT2D eigenvalue weighted by molar-refractivity contribution is 6.00. The van der Waals surface area contributed by atoms with Gasteiger partial charge in [0.15, 0.2) is 0 Å². The van der Waals surface area contributed by atoms with E-state index in [1.165, 1.54) is 18.9 Å². The van der Waals surface area contributed by atoms with E-state index < -0.39 is 5.82 Å². The number of nitrogens with one attached hydrogen (secondary N) is 1. The molecule has 1 aliphatic rings. The van der Waals surface area contributed by atoms with Gasteiger partial charge in [-0.15, -0.1) is 0 Å². The van der Waals surface area contributed by atoms with Crippen LogP contribution in [0.3, 0.4) is 0 Å². The Morgan fingerprint density at radius 3 is 2.50 bits per heavy atom. The van der Waals surface area contributed by atoms with Crippen molar-refractivity contribution in [2.24, 2.45) is 11.1 Å². The molecular formula is C16H24FN3. The van der Waals surface area contributed by atoms with Crippen LogP contribution in [-0.4, -0.2) is 18.9 Å². The molecule has 20 heavy (non-hydrogen) atoms. The maximum absolute atomic E-state index is 13.9. The summed E-state index contributed by atoms with van der Waals surface area (Å²) in [4.78, 5) is 2.09. The van der Waals surface area contributed by atoms with Gasteiger partial charge in [0.1, 0.15) is 11.7 Å². The quantitative estimate of drug-likeness (QED) is 0.656. The molecule has 1 fully saturated rings. The molecule has 0 radical (unpaired) electrons.